The van der Waals surface area contributed by atoms with Crippen molar-refractivity contribution in [3.63, 3.8) is 0 Å². The minimum absolute atomic E-state index is 0.0480. The van der Waals surface area contributed by atoms with Crippen molar-refractivity contribution in [2.75, 3.05) is 0 Å². The molecule has 5 rings (SSSR count). The van der Waals surface area contributed by atoms with Gasteiger partial charge in [-0.1, -0.05) is 54.6 Å². The van der Waals surface area contributed by atoms with Crippen molar-refractivity contribution in [2.45, 2.75) is 12.8 Å². The van der Waals surface area contributed by atoms with Crippen LogP contribution in [-0.4, -0.2) is 26.0 Å². The van der Waals surface area contributed by atoms with E-state index in [4.69, 9.17) is 0 Å². The molecule has 1 heterocycles. The summed E-state index contributed by atoms with van der Waals surface area (Å²) >= 11 is 0. The van der Waals surface area contributed by atoms with Crippen LogP contribution in [0.4, 0.5) is 4.39 Å². The highest BCUT2D eigenvalue weighted by Crippen LogP contribution is 2.35. The third-order valence-electron chi connectivity index (χ3n) is 5.19. The molecule has 1 aromatic heterocycles. The van der Waals surface area contributed by atoms with Crippen LogP contribution in [0.5, 0.6) is 0 Å². The summed E-state index contributed by atoms with van der Waals surface area (Å²) in [5.74, 6) is -0.0517. The van der Waals surface area contributed by atoms with Crippen LogP contribution >= 0.6 is 0 Å². The summed E-state index contributed by atoms with van der Waals surface area (Å²) in [7, 11) is 0. The number of nitrogens with zero attached hydrogens (tertiary/aromatic N) is 4. The lowest BCUT2D eigenvalue weighted by Crippen LogP contribution is -2.13. The molecule has 0 atom stereocenters. The van der Waals surface area contributed by atoms with Crippen molar-refractivity contribution in [1.82, 2.24) is 20.2 Å². The fourth-order valence-corrected chi connectivity index (χ4v) is 3.75. The van der Waals surface area contributed by atoms with E-state index in [1.807, 2.05) is 54.6 Å². The lowest BCUT2D eigenvalue weighted by atomic mass is 9.93. The maximum atomic E-state index is 13.3. The number of fused-ring (bicyclic) bond motifs is 1. The fraction of sp³-hybridized carbons (Fsp3) is 0.0833. The standard InChI is InChI=1S/C24H17FN4O/c25-19-13-10-18(11-14-19)24-26-28-29(27-24)23-21(30)15-12-16-6-4-5-9-20(16)22(23)17-7-2-1-3-8-17/h1-11,13-14H,12,15H2. The number of halogens is 1. The maximum absolute atomic E-state index is 13.3. The van der Waals surface area contributed by atoms with Crippen molar-refractivity contribution in [3.8, 4) is 11.4 Å². The van der Waals surface area contributed by atoms with Gasteiger partial charge in [-0.25, -0.2) is 4.39 Å². The Morgan fingerprint density at radius 1 is 0.800 bits per heavy atom. The molecule has 146 valence electrons. The van der Waals surface area contributed by atoms with E-state index >= 15 is 0 Å². The maximum Gasteiger partial charge on any atom is 0.205 e. The Hall–Kier alpha value is -3.93. The van der Waals surface area contributed by atoms with Crippen LogP contribution < -0.4 is 0 Å². The number of hydrogen-bond acceptors (Lipinski definition) is 4. The van der Waals surface area contributed by atoms with Crippen molar-refractivity contribution in [1.29, 1.82) is 0 Å². The zero-order valence-corrected chi connectivity index (χ0v) is 16.0. The number of aryl methyl sites for hydroxylation is 1. The first-order chi connectivity index (χ1) is 14.7. The molecule has 0 saturated heterocycles. The largest absolute Gasteiger partial charge is 0.292 e. The number of carbonyl (C=O) groups excluding carboxylic acids is 1. The smallest absolute Gasteiger partial charge is 0.205 e. The van der Waals surface area contributed by atoms with Gasteiger partial charge >= 0.3 is 0 Å². The predicted octanol–water partition coefficient (Wildman–Crippen LogP) is 4.41. The molecule has 0 aliphatic heterocycles. The Balaban J connectivity index is 1.73. The molecule has 0 bridgehead atoms. The zero-order chi connectivity index (χ0) is 20.5. The van der Waals surface area contributed by atoms with Gasteiger partial charge in [-0.15, -0.1) is 15.0 Å². The molecular weight excluding hydrogens is 379 g/mol. The van der Waals surface area contributed by atoms with E-state index in [-0.39, 0.29) is 11.6 Å². The van der Waals surface area contributed by atoms with Gasteiger partial charge in [0.1, 0.15) is 11.5 Å². The molecule has 0 saturated carbocycles. The number of rotatable bonds is 3. The molecule has 1 aliphatic carbocycles. The number of tetrazole rings is 1. The monoisotopic (exact) mass is 396 g/mol. The van der Waals surface area contributed by atoms with Gasteiger partial charge < -0.3 is 0 Å². The van der Waals surface area contributed by atoms with Gasteiger partial charge in [-0.2, -0.15) is 0 Å². The minimum Gasteiger partial charge on any atom is -0.292 e. The number of carbonyl (C=O) groups is 1. The van der Waals surface area contributed by atoms with E-state index in [1.54, 1.807) is 12.1 Å². The van der Waals surface area contributed by atoms with E-state index in [0.717, 1.165) is 22.3 Å². The van der Waals surface area contributed by atoms with Crippen LogP contribution in [0.2, 0.25) is 0 Å². The van der Waals surface area contributed by atoms with Crippen molar-refractivity contribution >= 4 is 17.1 Å². The molecule has 1 aliphatic rings. The highest BCUT2D eigenvalue weighted by Gasteiger charge is 2.27. The molecule has 5 nitrogen and oxygen atoms in total. The highest BCUT2D eigenvalue weighted by atomic mass is 19.1. The van der Waals surface area contributed by atoms with Gasteiger partial charge in [-0.05, 0) is 52.6 Å². The fourth-order valence-electron chi connectivity index (χ4n) is 3.75. The number of aromatic nitrogens is 4. The van der Waals surface area contributed by atoms with Crippen LogP contribution in [0.3, 0.4) is 0 Å². The van der Waals surface area contributed by atoms with Gasteiger partial charge in [-0.3, -0.25) is 4.79 Å². The first kappa shape index (κ1) is 18.1. The first-order valence-corrected chi connectivity index (χ1v) is 9.68. The predicted molar refractivity (Wildman–Crippen MR) is 112 cm³/mol. The third kappa shape index (κ3) is 3.22. The molecule has 0 unspecified atom stereocenters. The second kappa shape index (κ2) is 7.48. The third-order valence-corrected chi connectivity index (χ3v) is 5.19. The van der Waals surface area contributed by atoms with Gasteiger partial charge in [0, 0.05) is 17.6 Å². The zero-order valence-electron chi connectivity index (χ0n) is 16.0. The normalized spacial score (nSPS) is 13.8. The number of Topliss-reactive ketones (excluding diaryl/α,β-unsaturated/α-hetero) is 1. The SMILES string of the molecule is O=C1CCc2ccccc2C(c2ccccc2)=C1n1nnc(-c2ccc(F)cc2)n1. The van der Waals surface area contributed by atoms with E-state index < -0.39 is 0 Å². The molecule has 30 heavy (non-hydrogen) atoms. The Labute approximate surface area is 172 Å². The summed E-state index contributed by atoms with van der Waals surface area (Å²) < 4.78 is 13.3. The molecule has 3 aromatic carbocycles. The number of ketones is 1. The quantitative estimate of drug-likeness (QED) is 0.515. The van der Waals surface area contributed by atoms with E-state index in [2.05, 4.69) is 15.4 Å². The van der Waals surface area contributed by atoms with Crippen LogP contribution in [0.25, 0.3) is 22.7 Å². The minimum atomic E-state index is -0.337. The van der Waals surface area contributed by atoms with E-state index in [9.17, 15) is 9.18 Å². The lowest BCUT2D eigenvalue weighted by Gasteiger charge is -2.13. The summed E-state index contributed by atoms with van der Waals surface area (Å²) in [5, 5.41) is 12.8. The molecule has 0 radical (unpaired) electrons. The summed E-state index contributed by atoms with van der Waals surface area (Å²) in [6.07, 6.45) is 1.00. The average molecular weight is 396 g/mol. The van der Waals surface area contributed by atoms with Gasteiger partial charge in [0.15, 0.2) is 5.78 Å². The van der Waals surface area contributed by atoms with Crippen molar-refractivity contribution < 1.29 is 9.18 Å². The summed E-state index contributed by atoms with van der Waals surface area (Å²) in [4.78, 5) is 14.5. The Bertz CT molecular complexity index is 1260. The van der Waals surface area contributed by atoms with Crippen molar-refractivity contribution in [2.24, 2.45) is 0 Å². The van der Waals surface area contributed by atoms with Crippen LogP contribution in [0.15, 0.2) is 78.9 Å². The molecule has 0 spiro atoms. The van der Waals surface area contributed by atoms with Gasteiger partial charge in [0.2, 0.25) is 5.82 Å². The van der Waals surface area contributed by atoms with E-state index in [0.29, 0.717) is 29.9 Å². The van der Waals surface area contributed by atoms with Crippen LogP contribution in [0, 0.1) is 5.82 Å². The van der Waals surface area contributed by atoms with Crippen LogP contribution in [0.1, 0.15) is 23.1 Å². The number of benzene rings is 3. The van der Waals surface area contributed by atoms with Crippen LogP contribution in [-0.2, 0) is 11.2 Å². The first-order valence-electron chi connectivity index (χ1n) is 9.68. The van der Waals surface area contributed by atoms with Crippen molar-refractivity contribution in [3.05, 3.63) is 101 Å². The summed E-state index contributed by atoms with van der Waals surface area (Å²) in [6, 6.07) is 23.7. The summed E-state index contributed by atoms with van der Waals surface area (Å²) in [5.41, 5.74) is 4.83. The van der Waals surface area contributed by atoms with E-state index in [1.165, 1.54) is 16.9 Å². The molecule has 0 fully saturated rings. The van der Waals surface area contributed by atoms with Gasteiger partial charge in [0.05, 0.1) is 0 Å². The molecular formula is C24H17FN4O. The van der Waals surface area contributed by atoms with Gasteiger partial charge in [0.25, 0.3) is 0 Å². The Morgan fingerprint density at radius 2 is 1.53 bits per heavy atom. The summed E-state index contributed by atoms with van der Waals surface area (Å²) in [6.45, 7) is 0. The molecule has 0 N–H and O–H groups in total. The average Bonchev–Trinajstić information content (AvgIpc) is 3.21. The second-order valence-corrected chi connectivity index (χ2v) is 7.08. The topological polar surface area (TPSA) is 60.7 Å². The Morgan fingerprint density at radius 3 is 2.33 bits per heavy atom. The lowest BCUT2D eigenvalue weighted by molar-refractivity contribution is -0.114. The molecule has 6 heteroatoms. The molecule has 4 aromatic rings. The highest BCUT2D eigenvalue weighted by molar-refractivity contribution is 6.25. The number of hydrogen-bond donors (Lipinski definition) is 0. The second-order valence-electron chi connectivity index (χ2n) is 7.08. The number of allylic oxidation sites excluding steroid dienone is 1. The molecule has 0 amide bonds. The Kier molecular flexibility index (Phi) is 4.52.